The number of amides is 1. The molecule has 0 saturated heterocycles. The summed E-state index contributed by atoms with van der Waals surface area (Å²) in [5, 5.41) is 15.8. The third-order valence-electron chi connectivity index (χ3n) is 1.18. The van der Waals surface area contributed by atoms with Crippen LogP contribution in [0.3, 0.4) is 0 Å². The van der Waals surface area contributed by atoms with Crippen molar-refractivity contribution in [1.82, 2.24) is 5.43 Å². The Labute approximate surface area is 87.4 Å². The van der Waals surface area contributed by atoms with Crippen LogP contribution in [0.4, 0.5) is 0 Å². The van der Waals surface area contributed by atoms with Crippen LogP contribution in [0, 0.1) is 0 Å². The van der Waals surface area contributed by atoms with Crippen molar-refractivity contribution in [2.24, 2.45) is 5.10 Å². The fraction of sp³-hybridized carbons (Fsp3) is 0.143. The van der Waals surface area contributed by atoms with Crippen molar-refractivity contribution in [1.29, 1.82) is 0 Å². The molecular weight excluding hydrogens is 256 g/mol. The summed E-state index contributed by atoms with van der Waals surface area (Å²) in [6.07, 6.45) is 1.51. The van der Waals surface area contributed by atoms with Gasteiger partial charge in [0, 0.05) is 20.8 Å². The molecule has 0 aliphatic rings. The van der Waals surface area contributed by atoms with E-state index in [1.165, 1.54) is 17.6 Å². The van der Waals surface area contributed by atoms with Gasteiger partial charge in [0.15, 0.2) is 0 Å². The minimum Gasteiger partial charge on any atom is -0.386 e. The lowest BCUT2D eigenvalue weighted by atomic mass is 10.4. The summed E-state index contributed by atoms with van der Waals surface area (Å²) in [4.78, 5) is 10.5. The highest BCUT2D eigenvalue weighted by Gasteiger charge is 1.97. The first-order valence-electron chi connectivity index (χ1n) is 3.38. The normalized spacial score (nSPS) is 10.6. The Balaban J connectivity index is 2.50. The molecule has 0 saturated carbocycles. The van der Waals surface area contributed by atoms with Gasteiger partial charge in [-0.15, -0.1) is 0 Å². The molecule has 2 N–H and O–H groups in total. The van der Waals surface area contributed by atoms with E-state index in [1.54, 1.807) is 0 Å². The van der Waals surface area contributed by atoms with E-state index in [1.807, 2.05) is 10.8 Å². The number of halogens is 1. The lowest BCUT2D eigenvalue weighted by Gasteiger charge is -1.92. The number of aliphatic hydroxyl groups excluding tert-OH is 1. The fourth-order valence-electron chi connectivity index (χ4n) is 0.593. The van der Waals surface area contributed by atoms with Crippen LogP contribution in [-0.4, -0.2) is 23.8 Å². The highest BCUT2D eigenvalue weighted by Crippen LogP contribution is 2.18. The molecular formula is C7H7BrN2O2S. The molecule has 13 heavy (non-hydrogen) atoms. The van der Waals surface area contributed by atoms with E-state index in [-0.39, 0.29) is 0 Å². The van der Waals surface area contributed by atoms with Crippen LogP contribution in [0.2, 0.25) is 0 Å². The van der Waals surface area contributed by atoms with Crippen LogP contribution >= 0.6 is 27.3 Å². The van der Waals surface area contributed by atoms with E-state index >= 15 is 0 Å². The average molecular weight is 263 g/mol. The van der Waals surface area contributed by atoms with E-state index in [2.05, 4.69) is 26.5 Å². The van der Waals surface area contributed by atoms with Crippen molar-refractivity contribution in [2.75, 3.05) is 6.61 Å². The third kappa shape index (κ3) is 3.25. The van der Waals surface area contributed by atoms with Crippen LogP contribution in [0.25, 0.3) is 0 Å². The summed E-state index contributed by atoms with van der Waals surface area (Å²) in [5.41, 5.74) is 3.05. The predicted octanol–water partition coefficient (Wildman–Crippen LogP) is 0.953. The molecule has 1 aromatic heterocycles. The van der Waals surface area contributed by atoms with Gasteiger partial charge < -0.3 is 5.11 Å². The van der Waals surface area contributed by atoms with Gasteiger partial charge in [0.25, 0.3) is 5.91 Å². The topological polar surface area (TPSA) is 61.7 Å². The molecule has 0 spiro atoms. The van der Waals surface area contributed by atoms with Gasteiger partial charge in [-0.25, -0.2) is 5.43 Å². The van der Waals surface area contributed by atoms with Crippen LogP contribution in [-0.2, 0) is 4.79 Å². The Kier molecular flexibility index (Phi) is 4.07. The number of aliphatic hydroxyl groups is 1. The van der Waals surface area contributed by atoms with Crippen LogP contribution in [0.1, 0.15) is 5.56 Å². The highest BCUT2D eigenvalue weighted by molar-refractivity contribution is 9.10. The molecule has 70 valence electrons. The van der Waals surface area contributed by atoms with E-state index in [4.69, 9.17) is 5.11 Å². The minimum atomic E-state index is -0.553. The second-order valence-electron chi connectivity index (χ2n) is 2.13. The van der Waals surface area contributed by atoms with Crippen LogP contribution < -0.4 is 5.43 Å². The van der Waals surface area contributed by atoms with Gasteiger partial charge in [-0.1, -0.05) is 0 Å². The largest absolute Gasteiger partial charge is 0.386 e. The Bertz CT molecular complexity index is 324. The molecule has 0 aliphatic heterocycles. The number of nitrogens with zero attached hydrogens (tertiary/aromatic N) is 1. The zero-order valence-electron chi connectivity index (χ0n) is 6.53. The van der Waals surface area contributed by atoms with E-state index in [9.17, 15) is 4.79 Å². The minimum absolute atomic E-state index is 0.525. The van der Waals surface area contributed by atoms with Crippen molar-refractivity contribution >= 4 is 39.4 Å². The number of hydrogen-bond donors (Lipinski definition) is 2. The fourth-order valence-corrected chi connectivity index (χ4v) is 1.94. The first kappa shape index (κ1) is 10.4. The maximum Gasteiger partial charge on any atom is 0.265 e. The smallest absolute Gasteiger partial charge is 0.265 e. The van der Waals surface area contributed by atoms with Crippen molar-refractivity contribution in [3.05, 3.63) is 20.8 Å². The summed E-state index contributed by atoms with van der Waals surface area (Å²) >= 11 is 4.84. The van der Waals surface area contributed by atoms with Gasteiger partial charge in [-0.05, 0) is 15.9 Å². The first-order valence-corrected chi connectivity index (χ1v) is 5.12. The second-order valence-corrected chi connectivity index (χ2v) is 3.72. The van der Waals surface area contributed by atoms with E-state index in [0.29, 0.717) is 0 Å². The third-order valence-corrected chi connectivity index (χ3v) is 2.93. The molecule has 0 unspecified atom stereocenters. The van der Waals surface area contributed by atoms with Gasteiger partial charge in [0.1, 0.15) is 6.61 Å². The molecule has 1 heterocycles. The van der Waals surface area contributed by atoms with Crippen LogP contribution in [0.5, 0.6) is 0 Å². The second kappa shape index (κ2) is 5.11. The number of carbonyl (C=O) groups is 1. The summed E-state index contributed by atoms with van der Waals surface area (Å²) < 4.78 is 0.930. The lowest BCUT2D eigenvalue weighted by Crippen LogP contribution is -2.20. The standard InChI is InChI=1S/C7H7BrN2O2S/c8-6-4-13-3-5(6)1-9-10-7(12)2-11/h1,3-4,11H,2H2,(H,10,12)/b9-1+. The molecule has 0 bridgehead atoms. The predicted molar refractivity (Wildman–Crippen MR) is 54.8 cm³/mol. The zero-order valence-corrected chi connectivity index (χ0v) is 8.93. The van der Waals surface area contributed by atoms with Crippen LogP contribution in [0.15, 0.2) is 20.3 Å². The van der Waals surface area contributed by atoms with Gasteiger partial charge in [-0.3, -0.25) is 4.79 Å². The molecule has 0 fully saturated rings. The van der Waals surface area contributed by atoms with Gasteiger partial charge >= 0.3 is 0 Å². The Hall–Kier alpha value is -0.720. The maximum absolute atomic E-state index is 10.5. The molecule has 1 amide bonds. The number of thiophene rings is 1. The Morgan fingerprint density at radius 3 is 3.08 bits per heavy atom. The monoisotopic (exact) mass is 262 g/mol. The first-order chi connectivity index (χ1) is 6.24. The molecule has 0 aromatic carbocycles. The number of rotatable bonds is 3. The molecule has 0 radical (unpaired) electrons. The number of hydrazone groups is 1. The van der Waals surface area contributed by atoms with Crippen molar-refractivity contribution in [3.8, 4) is 0 Å². The summed E-state index contributed by atoms with van der Waals surface area (Å²) in [5.74, 6) is -0.525. The molecule has 1 rings (SSSR count). The molecule has 6 heteroatoms. The number of nitrogens with one attached hydrogen (secondary N) is 1. The van der Waals surface area contributed by atoms with Gasteiger partial charge in [0.2, 0.25) is 0 Å². The molecule has 0 atom stereocenters. The van der Waals surface area contributed by atoms with E-state index in [0.717, 1.165) is 10.0 Å². The Morgan fingerprint density at radius 1 is 1.77 bits per heavy atom. The average Bonchev–Trinajstić information content (AvgIpc) is 2.52. The van der Waals surface area contributed by atoms with Gasteiger partial charge in [0.05, 0.1) is 6.21 Å². The highest BCUT2D eigenvalue weighted by atomic mass is 79.9. The quantitative estimate of drug-likeness (QED) is 0.630. The van der Waals surface area contributed by atoms with Gasteiger partial charge in [-0.2, -0.15) is 16.4 Å². The Morgan fingerprint density at radius 2 is 2.54 bits per heavy atom. The SMILES string of the molecule is O=C(CO)N/N=C/c1cscc1Br. The molecule has 4 nitrogen and oxygen atoms in total. The van der Waals surface area contributed by atoms with Crippen molar-refractivity contribution in [2.45, 2.75) is 0 Å². The summed E-state index contributed by atoms with van der Waals surface area (Å²) in [6, 6.07) is 0. The summed E-state index contributed by atoms with van der Waals surface area (Å²) in [7, 11) is 0. The van der Waals surface area contributed by atoms with E-state index < -0.39 is 12.5 Å². The van der Waals surface area contributed by atoms with Crippen molar-refractivity contribution in [3.63, 3.8) is 0 Å². The maximum atomic E-state index is 10.5. The summed E-state index contributed by atoms with van der Waals surface area (Å²) in [6.45, 7) is -0.553. The number of hydrogen-bond acceptors (Lipinski definition) is 4. The zero-order chi connectivity index (χ0) is 9.68. The lowest BCUT2D eigenvalue weighted by molar-refractivity contribution is -0.123. The molecule has 0 aliphatic carbocycles. The number of carbonyl (C=O) groups excluding carboxylic acids is 1. The molecule has 1 aromatic rings. The van der Waals surface area contributed by atoms with Crippen molar-refractivity contribution < 1.29 is 9.90 Å².